The minimum absolute atomic E-state index is 0.0706. The van der Waals surface area contributed by atoms with Crippen molar-refractivity contribution in [1.29, 1.82) is 0 Å². The Hall–Kier alpha value is -2.56. The Balaban J connectivity index is 1.72. The van der Waals surface area contributed by atoms with Crippen molar-refractivity contribution in [3.05, 3.63) is 48.2 Å². The Kier molecular flexibility index (Phi) is 4.90. The number of carbonyl (C=O) groups excluding carboxylic acids is 1. The molecule has 0 aromatic heterocycles. The molecule has 2 heterocycles. The highest BCUT2D eigenvalue weighted by molar-refractivity contribution is 6.02. The van der Waals surface area contributed by atoms with Crippen molar-refractivity contribution < 1.29 is 14.3 Å². The Morgan fingerprint density at radius 1 is 1.50 bits per heavy atom. The van der Waals surface area contributed by atoms with Crippen LogP contribution in [-0.2, 0) is 11.2 Å². The van der Waals surface area contributed by atoms with E-state index in [2.05, 4.69) is 11.6 Å². The van der Waals surface area contributed by atoms with Crippen LogP contribution < -0.4 is 9.47 Å². The fourth-order valence-corrected chi connectivity index (χ4v) is 3.43. The van der Waals surface area contributed by atoms with E-state index < -0.39 is 0 Å². The lowest BCUT2D eigenvalue weighted by molar-refractivity contribution is -0.129. The second-order valence-electron chi connectivity index (χ2n) is 7.43. The molecule has 138 valence electrons. The van der Waals surface area contributed by atoms with Crippen molar-refractivity contribution in [3.8, 4) is 11.5 Å². The molecule has 0 saturated heterocycles. The van der Waals surface area contributed by atoms with Gasteiger partial charge in [-0.15, -0.1) is 6.58 Å². The Labute approximate surface area is 155 Å². The third-order valence-electron chi connectivity index (χ3n) is 4.48. The van der Waals surface area contributed by atoms with Gasteiger partial charge in [-0.2, -0.15) is 0 Å². The van der Waals surface area contributed by atoms with E-state index in [1.54, 1.807) is 11.0 Å². The van der Waals surface area contributed by atoms with Crippen LogP contribution in [0.15, 0.2) is 47.6 Å². The van der Waals surface area contributed by atoms with Gasteiger partial charge in [-0.3, -0.25) is 9.69 Å². The zero-order valence-corrected chi connectivity index (χ0v) is 15.9. The topological polar surface area (TPSA) is 51.1 Å². The summed E-state index contributed by atoms with van der Waals surface area (Å²) in [5.74, 6) is 2.05. The van der Waals surface area contributed by atoms with Gasteiger partial charge < -0.3 is 9.47 Å². The van der Waals surface area contributed by atoms with E-state index in [1.807, 2.05) is 52.0 Å². The molecule has 1 aromatic rings. The third kappa shape index (κ3) is 3.66. The monoisotopic (exact) mass is 354 g/mol. The van der Waals surface area contributed by atoms with Gasteiger partial charge in [0.15, 0.2) is 18.1 Å². The number of hydrogen-bond acceptors (Lipinski definition) is 4. The van der Waals surface area contributed by atoms with Gasteiger partial charge >= 0.3 is 0 Å². The molecule has 5 nitrogen and oxygen atoms in total. The minimum atomic E-state index is -0.252. The van der Waals surface area contributed by atoms with Gasteiger partial charge in [0.2, 0.25) is 0 Å². The van der Waals surface area contributed by atoms with Crippen molar-refractivity contribution in [1.82, 2.24) is 4.90 Å². The molecule has 1 aromatic carbocycles. The summed E-state index contributed by atoms with van der Waals surface area (Å²) in [7, 11) is 0. The van der Waals surface area contributed by atoms with E-state index in [9.17, 15) is 4.79 Å². The number of carbonyl (C=O) groups is 1. The predicted octanol–water partition coefficient (Wildman–Crippen LogP) is 3.75. The predicted molar refractivity (Wildman–Crippen MR) is 103 cm³/mol. The number of benzene rings is 1. The van der Waals surface area contributed by atoms with Crippen LogP contribution in [0.25, 0.3) is 0 Å². The fraction of sp³-hybridized carbons (Fsp3) is 0.429. The number of ether oxygens (including phenoxy) is 2. The van der Waals surface area contributed by atoms with E-state index in [4.69, 9.17) is 9.47 Å². The molecule has 2 aliphatic heterocycles. The van der Waals surface area contributed by atoms with Gasteiger partial charge in [-0.05, 0) is 26.8 Å². The zero-order valence-electron chi connectivity index (χ0n) is 15.9. The summed E-state index contributed by atoms with van der Waals surface area (Å²) in [6.07, 6.45) is 4.57. The number of hydrogen-bond donors (Lipinski definition) is 0. The molecular weight excluding hydrogens is 328 g/mol. The van der Waals surface area contributed by atoms with Gasteiger partial charge in [0, 0.05) is 30.1 Å². The van der Waals surface area contributed by atoms with Crippen LogP contribution in [0.3, 0.4) is 0 Å². The van der Waals surface area contributed by atoms with Crippen LogP contribution in [0.4, 0.5) is 0 Å². The van der Waals surface area contributed by atoms with E-state index >= 15 is 0 Å². The first kappa shape index (κ1) is 18.2. The SMILES string of the molecule is C=CCN(C(=O)COc1cccc2c1OC(C)(C)C2)C1=NC(C)=CC1C. The summed E-state index contributed by atoms with van der Waals surface area (Å²) in [5, 5.41) is 0. The summed E-state index contributed by atoms with van der Waals surface area (Å²) in [5.41, 5.74) is 1.78. The molecule has 3 rings (SSSR count). The van der Waals surface area contributed by atoms with Crippen LogP contribution in [0.1, 0.15) is 33.3 Å². The zero-order chi connectivity index (χ0) is 18.9. The number of amides is 1. The second kappa shape index (κ2) is 6.98. The molecular formula is C21H26N2O3. The molecule has 0 aliphatic carbocycles. The largest absolute Gasteiger partial charge is 0.483 e. The van der Waals surface area contributed by atoms with E-state index in [1.165, 1.54) is 0 Å². The molecule has 1 unspecified atom stereocenters. The molecule has 0 radical (unpaired) electrons. The lowest BCUT2D eigenvalue weighted by Crippen LogP contribution is -2.41. The highest BCUT2D eigenvalue weighted by atomic mass is 16.5. The summed E-state index contributed by atoms with van der Waals surface area (Å²) in [6.45, 7) is 12.1. The highest BCUT2D eigenvalue weighted by Crippen LogP contribution is 2.41. The summed E-state index contributed by atoms with van der Waals surface area (Å²) < 4.78 is 11.8. The number of nitrogens with zero attached hydrogens (tertiary/aromatic N) is 2. The number of aliphatic imine (C=N–C) groups is 1. The molecule has 0 N–H and O–H groups in total. The quantitative estimate of drug-likeness (QED) is 0.757. The lowest BCUT2D eigenvalue weighted by atomic mass is 10.0. The molecule has 1 amide bonds. The number of para-hydroxylation sites is 1. The van der Waals surface area contributed by atoms with Crippen molar-refractivity contribution in [2.24, 2.45) is 10.9 Å². The normalized spacial score (nSPS) is 19.9. The van der Waals surface area contributed by atoms with Crippen molar-refractivity contribution in [3.63, 3.8) is 0 Å². The maximum atomic E-state index is 12.8. The first-order chi connectivity index (χ1) is 12.3. The Morgan fingerprint density at radius 3 is 2.92 bits per heavy atom. The third-order valence-corrected chi connectivity index (χ3v) is 4.48. The molecule has 2 aliphatic rings. The van der Waals surface area contributed by atoms with Crippen molar-refractivity contribution in [2.45, 2.75) is 39.7 Å². The number of fused-ring (bicyclic) bond motifs is 1. The minimum Gasteiger partial charge on any atom is -0.483 e. The molecule has 5 heteroatoms. The molecule has 0 bridgehead atoms. The summed E-state index contributed by atoms with van der Waals surface area (Å²) >= 11 is 0. The van der Waals surface area contributed by atoms with Gasteiger partial charge in [-0.1, -0.05) is 31.2 Å². The van der Waals surface area contributed by atoms with Crippen LogP contribution in [0.2, 0.25) is 0 Å². The van der Waals surface area contributed by atoms with Crippen LogP contribution in [0, 0.1) is 5.92 Å². The van der Waals surface area contributed by atoms with Gasteiger partial charge in [0.25, 0.3) is 5.91 Å². The summed E-state index contributed by atoms with van der Waals surface area (Å²) in [4.78, 5) is 18.9. The van der Waals surface area contributed by atoms with Gasteiger partial charge in [0.1, 0.15) is 11.4 Å². The van der Waals surface area contributed by atoms with E-state index in [-0.39, 0.29) is 24.0 Å². The standard InChI is InChI=1S/C21H26N2O3/c1-6-10-23(20-14(2)11-15(3)22-20)18(24)13-25-17-9-7-8-16-12-21(4,5)26-19(16)17/h6-9,11,14H,1,10,12-13H2,2-5H3. The first-order valence-electron chi connectivity index (χ1n) is 8.93. The van der Waals surface area contributed by atoms with E-state index in [0.717, 1.165) is 29.3 Å². The molecule has 26 heavy (non-hydrogen) atoms. The smallest absolute Gasteiger partial charge is 0.266 e. The number of amidine groups is 1. The maximum Gasteiger partial charge on any atom is 0.266 e. The van der Waals surface area contributed by atoms with Crippen molar-refractivity contribution in [2.75, 3.05) is 13.2 Å². The highest BCUT2D eigenvalue weighted by Gasteiger charge is 2.33. The lowest BCUT2D eigenvalue weighted by Gasteiger charge is -2.24. The van der Waals surface area contributed by atoms with Crippen LogP contribution in [-0.4, -0.2) is 35.4 Å². The van der Waals surface area contributed by atoms with Gasteiger partial charge in [-0.25, -0.2) is 4.99 Å². The Morgan fingerprint density at radius 2 is 2.27 bits per heavy atom. The number of allylic oxidation sites excluding steroid dienone is 1. The number of rotatable bonds is 5. The molecule has 0 saturated carbocycles. The van der Waals surface area contributed by atoms with Crippen molar-refractivity contribution >= 4 is 11.7 Å². The maximum absolute atomic E-state index is 12.8. The first-order valence-corrected chi connectivity index (χ1v) is 8.93. The van der Waals surface area contributed by atoms with Gasteiger partial charge in [0.05, 0.1) is 0 Å². The molecule has 0 spiro atoms. The average Bonchev–Trinajstić information content (AvgIpc) is 3.07. The molecule has 0 fully saturated rings. The second-order valence-corrected chi connectivity index (χ2v) is 7.43. The van der Waals surface area contributed by atoms with Crippen LogP contribution >= 0.6 is 0 Å². The summed E-state index contributed by atoms with van der Waals surface area (Å²) in [6, 6.07) is 5.81. The Bertz CT molecular complexity index is 792. The van der Waals surface area contributed by atoms with Crippen LogP contribution in [0.5, 0.6) is 11.5 Å². The fourth-order valence-electron chi connectivity index (χ4n) is 3.43. The molecule has 1 atom stereocenters. The van der Waals surface area contributed by atoms with E-state index in [0.29, 0.717) is 12.3 Å². The average molecular weight is 354 g/mol.